The number of pyridine rings is 1. The lowest BCUT2D eigenvalue weighted by Crippen LogP contribution is -2.16. The predicted molar refractivity (Wildman–Crippen MR) is 54.3 cm³/mol. The van der Waals surface area contributed by atoms with E-state index >= 15 is 0 Å². The van der Waals surface area contributed by atoms with Crippen molar-refractivity contribution in [3.05, 3.63) is 52.5 Å². The van der Waals surface area contributed by atoms with Gasteiger partial charge < -0.3 is 14.7 Å². The van der Waals surface area contributed by atoms with Gasteiger partial charge in [0.25, 0.3) is 0 Å². The SMILES string of the molecule is Cn1ccnc1C(O)c1c[nH]ccc1=O. The van der Waals surface area contributed by atoms with E-state index in [4.69, 9.17) is 0 Å². The lowest BCUT2D eigenvalue weighted by Gasteiger charge is -2.09. The Bertz CT molecular complexity index is 515. The Labute approximate surface area is 86.0 Å². The van der Waals surface area contributed by atoms with Crippen LogP contribution in [0.1, 0.15) is 17.5 Å². The molecule has 0 aliphatic carbocycles. The quantitative estimate of drug-likeness (QED) is 0.735. The highest BCUT2D eigenvalue weighted by atomic mass is 16.3. The average Bonchev–Trinajstić information content (AvgIpc) is 2.64. The molecule has 2 aromatic rings. The molecule has 0 spiro atoms. The normalized spacial score (nSPS) is 12.7. The Morgan fingerprint density at radius 3 is 3.00 bits per heavy atom. The number of imidazole rings is 1. The zero-order valence-corrected chi connectivity index (χ0v) is 8.21. The molecule has 0 fully saturated rings. The first-order valence-electron chi connectivity index (χ1n) is 4.52. The van der Waals surface area contributed by atoms with Crippen molar-refractivity contribution >= 4 is 0 Å². The van der Waals surface area contributed by atoms with Crippen molar-refractivity contribution in [2.24, 2.45) is 7.05 Å². The van der Waals surface area contributed by atoms with Crippen LogP contribution >= 0.6 is 0 Å². The van der Waals surface area contributed by atoms with Gasteiger partial charge in [-0.1, -0.05) is 0 Å². The first kappa shape index (κ1) is 9.67. The van der Waals surface area contributed by atoms with E-state index in [1.54, 1.807) is 24.0 Å². The molecule has 0 bridgehead atoms. The summed E-state index contributed by atoms with van der Waals surface area (Å²) in [4.78, 5) is 18.2. The van der Waals surface area contributed by atoms with Crippen LogP contribution in [0.15, 0.2) is 35.6 Å². The van der Waals surface area contributed by atoms with Crippen molar-refractivity contribution in [1.29, 1.82) is 0 Å². The Morgan fingerprint density at radius 2 is 2.40 bits per heavy atom. The van der Waals surface area contributed by atoms with E-state index in [9.17, 15) is 9.90 Å². The number of nitrogens with zero attached hydrogens (tertiary/aromatic N) is 2. The van der Waals surface area contributed by atoms with Crippen molar-refractivity contribution in [1.82, 2.24) is 14.5 Å². The maximum atomic E-state index is 11.5. The molecule has 1 unspecified atom stereocenters. The number of aryl methyl sites for hydroxylation is 1. The number of hydrogen-bond acceptors (Lipinski definition) is 3. The summed E-state index contributed by atoms with van der Waals surface area (Å²) >= 11 is 0. The van der Waals surface area contributed by atoms with Gasteiger partial charge in [-0.15, -0.1) is 0 Å². The van der Waals surface area contributed by atoms with Crippen molar-refractivity contribution < 1.29 is 5.11 Å². The number of aromatic amines is 1. The third kappa shape index (κ3) is 1.69. The summed E-state index contributed by atoms with van der Waals surface area (Å²) in [5.74, 6) is 0.451. The maximum Gasteiger partial charge on any atom is 0.187 e. The first-order valence-corrected chi connectivity index (χ1v) is 4.52. The summed E-state index contributed by atoms with van der Waals surface area (Å²) in [5.41, 5.74) is 0.0936. The van der Waals surface area contributed by atoms with Gasteiger partial charge in [-0.3, -0.25) is 4.79 Å². The highest BCUT2D eigenvalue weighted by Gasteiger charge is 2.17. The van der Waals surface area contributed by atoms with E-state index in [0.29, 0.717) is 11.4 Å². The molecule has 1 atom stereocenters. The third-order valence-electron chi connectivity index (χ3n) is 2.25. The van der Waals surface area contributed by atoms with E-state index < -0.39 is 6.10 Å². The van der Waals surface area contributed by atoms with E-state index in [1.165, 1.54) is 18.5 Å². The molecule has 2 heterocycles. The summed E-state index contributed by atoms with van der Waals surface area (Å²) < 4.78 is 1.68. The number of nitrogens with one attached hydrogen (secondary N) is 1. The van der Waals surface area contributed by atoms with Gasteiger partial charge in [-0.25, -0.2) is 4.98 Å². The van der Waals surface area contributed by atoms with Crippen LogP contribution < -0.4 is 5.43 Å². The molecule has 0 radical (unpaired) electrons. The van der Waals surface area contributed by atoms with Crippen molar-refractivity contribution in [2.75, 3.05) is 0 Å². The molecule has 15 heavy (non-hydrogen) atoms. The second-order valence-electron chi connectivity index (χ2n) is 3.26. The van der Waals surface area contributed by atoms with Gasteiger partial charge in [0, 0.05) is 37.9 Å². The zero-order chi connectivity index (χ0) is 10.8. The molecule has 5 nitrogen and oxygen atoms in total. The van der Waals surface area contributed by atoms with Gasteiger partial charge >= 0.3 is 0 Å². The second-order valence-corrected chi connectivity index (χ2v) is 3.26. The maximum absolute atomic E-state index is 11.5. The largest absolute Gasteiger partial charge is 0.380 e. The van der Waals surface area contributed by atoms with Gasteiger partial charge in [0.05, 0.1) is 5.56 Å². The van der Waals surface area contributed by atoms with Crippen LogP contribution in [-0.4, -0.2) is 19.6 Å². The van der Waals surface area contributed by atoms with Gasteiger partial charge in [0.1, 0.15) is 11.9 Å². The van der Waals surface area contributed by atoms with Crippen LogP contribution in [0, 0.1) is 0 Å². The fourth-order valence-electron chi connectivity index (χ4n) is 1.42. The molecule has 0 aliphatic heterocycles. The smallest absolute Gasteiger partial charge is 0.187 e. The predicted octanol–water partition coefficient (Wildman–Crippen LogP) is 0.190. The number of rotatable bonds is 2. The molecule has 5 heteroatoms. The topological polar surface area (TPSA) is 70.9 Å². The zero-order valence-electron chi connectivity index (χ0n) is 8.21. The summed E-state index contributed by atoms with van der Waals surface area (Å²) in [6.45, 7) is 0. The standard InChI is InChI=1S/C10H11N3O2/c1-13-5-4-12-10(13)9(15)7-6-11-3-2-8(7)14/h2-6,9,15H,1H3,(H,11,14). The minimum atomic E-state index is -0.991. The number of hydrogen-bond donors (Lipinski definition) is 2. The lowest BCUT2D eigenvalue weighted by molar-refractivity contribution is 0.204. The Balaban J connectivity index is 2.46. The number of aliphatic hydroxyl groups is 1. The van der Waals surface area contributed by atoms with Crippen LogP contribution in [0.4, 0.5) is 0 Å². The highest BCUT2D eigenvalue weighted by molar-refractivity contribution is 5.19. The molecular formula is C10H11N3O2. The average molecular weight is 205 g/mol. The molecule has 2 rings (SSSR count). The molecule has 0 saturated heterocycles. The minimum Gasteiger partial charge on any atom is -0.380 e. The van der Waals surface area contributed by atoms with Crippen LogP contribution in [0.5, 0.6) is 0 Å². The van der Waals surface area contributed by atoms with E-state index in [2.05, 4.69) is 9.97 Å². The van der Waals surface area contributed by atoms with Crippen molar-refractivity contribution in [2.45, 2.75) is 6.10 Å². The minimum absolute atomic E-state index is 0.204. The fraction of sp³-hybridized carbons (Fsp3) is 0.200. The summed E-state index contributed by atoms with van der Waals surface area (Å²) in [7, 11) is 1.77. The van der Waals surface area contributed by atoms with E-state index in [1.807, 2.05) is 0 Å². The van der Waals surface area contributed by atoms with E-state index in [0.717, 1.165) is 0 Å². The number of aromatic nitrogens is 3. The molecule has 2 N–H and O–H groups in total. The van der Waals surface area contributed by atoms with E-state index in [-0.39, 0.29) is 5.43 Å². The Hall–Kier alpha value is -1.88. The molecule has 0 saturated carbocycles. The molecule has 78 valence electrons. The Morgan fingerprint density at radius 1 is 1.60 bits per heavy atom. The molecule has 0 amide bonds. The van der Waals surface area contributed by atoms with Gasteiger partial charge in [0.2, 0.25) is 0 Å². The monoisotopic (exact) mass is 205 g/mol. The van der Waals surface area contributed by atoms with Crippen LogP contribution in [0.3, 0.4) is 0 Å². The van der Waals surface area contributed by atoms with Crippen molar-refractivity contribution in [3.63, 3.8) is 0 Å². The highest BCUT2D eigenvalue weighted by Crippen LogP contribution is 2.15. The third-order valence-corrected chi connectivity index (χ3v) is 2.25. The van der Waals surface area contributed by atoms with Crippen LogP contribution in [-0.2, 0) is 7.05 Å². The van der Waals surface area contributed by atoms with Gasteiger partial charge in [-0.05, 0) is 0 Å². The number of aliphatic hydroxyl groups excluding tert-OH is 1. The van der Waals surface area contributed by atoms with Crippen LogP contribution in [0.2, 0.25) is 0 Å². The summed E-state index contributed by atoms with van der Waals surface area (Å²) in [6, 6.07) is 1.38. The molecule has 2 aromatic heterocycles. The van der Waals surface area contributed by atoms with Gasteiger partial charge in [0.15, 0.2) is 5.43 Å². The Kier molecular flexibility index (Phi) is 2.39. The first-order chi connectivity index (χ1) is 7.20. The summed E-state index contributed by atoms with van der Waals surface area (Å²) in [6.07, 6.45) is 5.32. The molecule has 0 aromatic carbocycles. The molecular weight excluding hydrogens is 194 g/mol. The lowest BCUT2D eigenvalue weighted by atomic mass is 10.1. The van der Waals surface area contributed by atoms with Crippen LogP contribution in [0.25, 0.3) is 0 Å². The van der Waals surface area contributed by atoms with Crippen molar-refractivity contribution in [3.8, 4) is 0 Å². The molecule has 0 aliphatic rings. The summed E-state index contributed by atoms with van der Waals surface area (Å²) in [5, 5.41) is 9.94. The fourth-order valence-corrected chi connectivity index (χ4v) is 1.42. The van der Waals surface area contributed by atoms with Gasteiger partial charge in [-0.2, -0.15) is 0 Å². The second kappa shape index (κ2) is 3.70. The number of H-pyrrole nitrogens is 1.